The maximum atomic E-state index is 13.7. The number of carbonyl (C=O) groups excluding carboxylic acids is 1. The van der Waals surface area contributed by atoms with Crippen LogP contribution in [0.5, 0.6) is 0 Å². The summed E-state index contributed by atoms with van der Waals surface area (Å²) in [6, 6.07) is 2.41. The number of carboxylic acid groups (broad SMARTS) is 1. The number of carbonyl (C=O) groups is 2. The highest BCUT2D eigenvalue weighted by molar-refractivity contribution is 7.13. The zero-order valence-corrected chi connectivity index (χ0v) is 25.0. The first-order valence-corrected chi connectivity index (χ1v) is 14.7. The molecule has 16 heteroatoms. The predicted octanol–water partition coefficient (Wildman–Crippen LogP) is 9.39. The summed E-state index contributed by atoms with van der Waals surface area (Å²) >= 11 is 1.09. The van der Waals surface area contributed by atoms with Crippen LogP contribution < -0.4 is 0 Å². The number of allylic oxidation sites excluding steroid dienone is 2. The molecule has 1 aliphatic carbocycles. The number of alkyl halides is 9. The highest BCUT2D eigenvalue weighted by atomic mass is 32.1. The molecule has 2 aromatic carbocycles. The van der Waals surface area contributed by atoms with Crippen LogP contribution in [0.25, 0.3) is 10.6 Å². The lowest BCUT2D eigenvalue weighted by Crippen LogP contribution is -2.32. The highest BCUT2D eigenvalue weighted by Crippen LogP contribution is 2.43. The number of ether oxygens (including phenoxy) is 1. The van der Waals surface area contributed by atoms with E-state index in [1.165, 1.54) is 25.1 Å². The second-order valence-corrected chi connectivity index (χ2v) is 12.0. The molecule has 0 saturated carbocycles. The third-order valence-corrected chi connectivity index (χ3v) is 8.86. The van der Waals surface area contributed by atoms with Crippen LogP contribution in [0.2, 0.25) is 0 Å². The molecule has 2 heterocycles. The fourth-order valence-corrected chi connectivity index (χ4v) is 6.44. The van der Waals surface area contributed by atoms with Crippen molar-refractivity contribution in [1.29, 1.82) is 0 Å². The Balaban J connectivity index is 1.49. The summed E-state index contributed by atoms with van der Waals surface area (Å²) in [5, 5.41) is 11.2. The van der Waals surface area contributed by atoms with Crippen molar-refractivity contribution < 1.29 is 58.9 Å². The molecule has 1 amide bonds. The van der Waals surface area contributed by atoms with Gasteiger partial charge in [-0.25, -0.2) is 14.6 Å². The van der Waals surface area contributed by atoms with E-state index < -0.39 is 71.5 Å². The lowest BCUT2D eigenvalue weighted by molar-refractivity contribution is -0.143. The van der Waals surface area contributed by atoms with Crippen LogP contribution in [0.4, 0.5) is 44.3 Å². The summed E-state index contributed by atoms with van der Waals surface area (Å²) in [7, 11) is 0. The van der Waals surface area contributed by atoms with E-state index in [9.17, 15) is 54.2 Å². The molecule has 5 rings (SSSR count). The van der Waals surface area contributed by atoms with Gasteiger partial charge in [0.2, 0.25) is 0 Å². The van der Waals surface area contributed by atoms with Gasteiger partial charge in [0.05, 0.1) is 40.5 Å². The Morgan fingerprint density at radius 2 is 1.60 bits per heavy atom. The van der Waals surface area contributed by atoms with Gasteiger partial charge < -0.3 is 9.84 Å². The number of aromatic nitrogens is 1. The van der Waals surface area contributed by atoms with Crippen LogP contribution in [0, 0.1) is 0 Å². The number of benzene rings is 2. The van der Waals surface area contributed by atoms with Gasteiger partial charge in [-0.15, -0.1) is 11.3 Å². The third-order valence-electron chi connectivity index (χ3n) is 7.97. The number of thiazole rings is 1. The van der Waals surface area contributed by atoms with Crippen molar-refractivity contribution in [3.63, 3.8) is 0 Å². The van der Waals surface area contributed by atoms with E-state index in [4.69, 9.17) is 4.74 Å². The SMILES string of the molecule is CC1=CC(C(=O)O)=CCC1c1csc(-c2ccc(C(F)(F)F)cc2CN2C(=O)O[C@H](c3cc(C(F)(F)F)cc(C(F)(F)F)c3)[C@@H]2C)n1. The topological polar surface area (TPSA) is 79.7 Å². The number of carboxylic acids is 1. The molecule has 1 aromatic heterocycles. The van der Waals surface area contributed by atoms with E-state index in [0.29, 0.717) is 29.8 Å². The van der Waals surface area contributed by atoms with Crippen LogP contribution in [0.15, 0.2) is 65.1 Å². The second-order valence-electron chi connectivity index (χ2n) is 11.1. The Morgan fingerprint density at radius 3 is 2.15 bits per heavy atom. The predicted molar refractivity (Wildman–Crippen MR) is 150 cm³/mol. The Labute approximate surface area is 264 Å². The summed E-state index contributed by atoms with van der Waals surface area (Å²) in [6.07, 6.45) is -14.5. The van der Waals surface area contributed by atoms with Crippen molar-refractivity contribution in [1.82, 2.24) is 9.88 Å². The van der Waals surface area contributed by atoms with E-state index in [1.54, 1.807) is 12.3 Å². The molecule has 1 fully saturated rings. The summed E-state index contributed by atoms with van der Waals surface area (Å²) < 4.78 is 127. The lowest BCUT2D eigenvalue weighted by Gasteiger charge is -2.23. The van der Waals surface area contributed by atoms with Crippen molar-refractivity contribution in [3.8, 4) is 10.6 Å². The van der Waals surface area contributed by atoms with Crippen molar-refractivity contribution in [2.45, 2.75) is 63.4 Å². The van der Waals surface area contributed by atoms with Gasteiger partial charge in [0.1, 0.15) is 11.1 Å². The zero-order valence-electron chi connectivity index (χ0n) is 24.2. The number of halogens is 9. The standard InChI is InChI=1S/C31H23F9N2O4S/c1-14-7-16(27(43)44)3-5-22(14)24-13-47-26(41-24)23-6-4-19(29(32,33)34)10-18(23)12-42-15(2)25(46-28(42)45)17-8-20(30(35,36)37)11-21(9-17)31(38,39)40/h3-4,6-11,13,15,22,25H,5,12H2,1-2H3,(H,43,44)/t15-,22?,25-/m0/s1. The number of hydrogen-bond acceptors (Lipinski definition) is 5. The fourth-order valence-electron chi connectivity index (χ4n) is 5.50. The molecule has 0 radical (unpaired) electrons. The largest absolute Gasteiger partial charge is 0.478 e. The average molecular weight is 691 g/mol. The van der Waals surface area contributed by atoms with Crippen LogP contribution in [-0.2, 0) is 34.6 Å². The van der Waals surface area contributed by atoms with E-state index >= 15 is 0 Å². The van der Waals surface area contributed by atoms with E-state index in [0.717, 1.165) is 28.4 Å². The monoisotopic (exact) mass is 690 g/mol. The molecule has 3 aromatic rings. The first-order valence-electron chi connectivity index (χ1n) is 13.8. The fraction of sp³-hybridized carbons (Fsp3) is 0.323. The van der Waals surface area contributed by atoms with Gasteiger partial charge in [0, 0.05) is 16.9 Å². The van der Waals surface area contributed by atoms with Crippen molar-refractivity contribution in [3.05, 3.63) is 98.6 Å². The zero-order chi connectivity index (χ0) is 34.6. The molecule has 250 valence electrons. The van der Waals surface area contributed by atoms with Gasteiger partial charge in [-0.2, -0.15) is 39.5 Å². The van der Waals surface area contributed by atoms with Gasteiger partial charge in [-0.05, 0) is 67.8 Å². The molecular formula is C31H23F9N2O4S. The molecule has 0 bridgehead atoms. The molecule has 47 heavy (non-hydrogen) atoms. The number of cyclic esters (lactones) is 1. The molecule has 1 saturated heterocycles. The first kappa shape index (κ1) is 34.0. The van der Waals surface area contributed by atoms with E-state index in [1.807, 2.05) is 0 Å². The first-order chi connectivity index (χ1) is 21.7. The quantitative estimate of drug-likeness (QED) is 0.261. The Morgan fingerprint density at radius 1 is 0.979 bits per heavy atom. The average Bonchev–Trinajstić information content (AvgIpc) is 3.56. The highest BCUT2D eigenvalue weighted by Gasteiger charge is 2.44. The van der Waals surface area contributed by atoms with Crippen molar-refractivity contribution >= 4 is 23.4 Å². The minimum atomic E-state index is -5.15. The number of hydrogen-bond donors (Lipinski definition) is 1. The Kier molecular flexibility index (Phi) is 8.71. The summed E-state index contributed by atoms with van der Waals surface area (Å²) in [5.41, 5.74) is -3.35. The number of rotatable bonds is 6. The normalized spacial score (nSPS) is 20.6. The van der Waals surface area contributed by atoms with Crippen LogP contribution in [-0.4, -0.2) is 33.1 Å². The van der Waals surface area contributed by atoms with Gasteiger partial charge >= 0.3 is 30.6 Å². The van der Waals surface area contributed by atoms with Crippen LogP contribution in [0.3, 0.4) is 0 Å². The molecule has 0 spiro atoms. The van der Waals surface area contributed by atoms with Crippen molar-refractivity contribution in [2.75, 3.05) is 0 Å². The molecule has 6 nitrogen and oxygen atoms in total. The molecule has 1 N–H and O–H groups in total. The van der Waals surface area contributed by atoms with E-state index in [2.05, 4.69) is 4.98 Å². The minimum absolute atomic E-state index is 0.0471. The lowest BCUT2D eigenvalue weighted by atomic mass is 9.87. The van der Waals surface area contributed by atoms with Gasteiger partial charge in [0.25, 0.3) is 0 Å². The second kappa shape index (κ2) is 12.0. The van der Waals surface area contributed by atoms with E-state index in [-0.39, 0.29) is 33.7 Å². The summed E-state index contributed by atoms with van der Waals surface area (Å²) in [4.78, 5) is 29.8. The smallest absolute Gasteiger partial charge is 0.416 e. The summed E-state index contributed by atoms with van der Waals surface area (Å²) in [5.74, 6) is -1.40. The minimum Gasteiger partial charge on any atom is -0.478 e. The molecular weight excluding hydrogens is 667 g/mol. The van der Waals surface area contributed by atoms with Crippen LogP contribution >= 0.6 is 11.3 Å². The molecule has 1 unspecified atom stereocenters. The maximum Gasteiger partial charge on any atom is 0.416 e. The molecule has 1 aliphatic heterocycles. The maximum absolute atomic E-state index is 13.7. The number of nitrogens with zero attached hydrogens (tertiary/aromatic N) is 2. The van der Waals surface area contributed by atoms with Crippen LogP contribution in [0.1, 0.15) is 65.8 Å². The van der Waals surface area contributed by atoms with Gasteiger partial charge in [-0.1, -0.05) is 17.7 Å². The summed E-state index contributed by atoms with van der Waals surface area (Å²) in [6.45, 7) is 2.49. The Bertz CT molecular complexity index is 1760. The molecule has 2 aliphatic rings. The van der Waals surface area contributed by atoms with Gasteiger partial charge in [-0.3, -0.25) is 4.90 Å². The van der Waals surface area contributed by atoms with Gasteiger partial charge in [0.15, 0.2) is 0 Å². The van der Waals surface area contributed by atoms with Crippen molar-refractivity contribution in [2.24, 2.45) is 0 Å². The number of aliphatic carboxylic acids is 1. The Hall–Kier alpha value is -4.34. The molecule has 3 atom stereocenters. The number of amides is 1. The third kappa shape index (κ3) is 7.01.